The van der Waals surface area contributed by atoms with Gasteiger partial charge in [-0.2, -0.15) is 12.6 Å². The molecule has 0 aliphatic heterocycles. The minimum atomic E-state index is -0.445. The van der Waals surface area contributed by atoms with E-state index in [1.165, 1.54) is 29.2 Å². The van der Waals surface area contributed by atoms with Gasteiger partial charge < -0.3 is 0 Å². The third-order valence-electron chi connectivity index (χ3n) is 1.69. The fraction of sp³-hybridized carbons (Fsp3) is 1.00. The van der Waals surface area contributed by atoms with Gasteiger partial charge in [0, 0.05) is 14.8 Å². The SMILES string of the molecule is CC(C)SPF.CCC(C)S.CCC(C)SPF.[2HH].[2HH].[2HH]. The molecule has 0 saturated carbocycles. The standard InChI is InChI=1S/C4H10FPS.C4H10S.C3H8FPS.3H2/c1-3-4(2)7-6-5;1-3-4(2)5;1-3(2)6-5-4;;;/h4,6H,3H2,1-2H3;4-5H,3H2,1-2H3;3,5H,1-2H3;3*1H/i;;;3*1+1. The van der Waals surface area contributed by atoms with Crippen LogP contribution in [0.1, 0.15) is 58.7 Å². The largest absolute Gasteiger partial charge is 0.218 e. The quantitative estimate of drug-likeness (QED) is 0.373. The molecule has 4 unspecified atom stereocenters. The van der Waals surface area contributed by atoms with Crippen LogP contribution in [0.25, 0.3) is 0 Å². The molecule has 0 aromatic carbocycles. The zero-order valence-corrected chi connectivity index (χ0v) is 16.7. The third-order valence-corrected chi connectivity index (χ3v) is 6.60. The lowest BCUT2D eigenvalue weighted by Crippen LogP contribution is -1.86. The van der Waals surface area contributed by atoms with Gasteiger partial charge in [-0.3, -0.25) is 0 Å². The Labute approximate surface area is 134 Å². The molecule has 0 amide bonds. The molecule has 0 aliphatic rings. The number of thiol groups is 1. The van der Waals surface area contributed by atoms with Gasteiger partial charge in [0.2, 0.25) is 0 Å². The highest BCUT2D eigenvalue weighted by molar-refractivity contribution is 8.48. The highest BCUT2D eigenvalue weighted by Crippen LogP contribution is 2.35. The van der Waals surface area contributed by atoms with Crippen LogP contribution in [0, 0.1) is 0 Å². The topological polar surface area (TPSA) is 0 Å². The summed E-state index contributed by atoms with van der Waals surface area (Å²) < 4.78 is 22.7. The van der Waals surface area contributed by atoms with Crippen LogP contribution < -0.4 is 0 Å². The summed E-state index contributed by atoms with van der Waals surface area (Å²) in [5.74, 6) is 0. The Kier molecular flexibility index (Phi) is 29.0. The van der Waals surface area contributed by atoms with E-state index in [0.29, 0.717) is 15.7 Å². The predicted octanol–water partition coefficient (Wildman–Crippen LogP) is 8.05. The molecule has 0 rings (SSSR count). The minimum absolute atomic E-state index is 0. The van der Waals surface area contributed by atoms with E-state index >= 15 is 0 Å². The van der Waals surface area contributed by atoms with Gasteiger partial charge in [0.15, 0.2) is 0 Å². The molecule has 0 bridgehead atoms. The summed E-state index contributed by atoms with van der Waals surface area (Å²) in [6.45, 7) is 12.3. The first-order valence-corrected chi connectivity index (χ1v) is 11.5. The fourth-order valence-corrected chi connectivity index (χ4v) is 2.24. The van der Waals surface area contributed by atoms with Crippen molar-refractivity contribution in [3.05, 3.63) is 0 Å². The summed E-state index contributed by atoms with van der Waals surface area (Å²) in [6.07, 6.45) is 2.24. The van der Waals surface area contributed by atoms with Crippen LogP contribution in [0.5, 0.6) is 0 Å². The molecule has 0 fully saturated rings. The number of hydrogen-bond acceptors (Lipinski definition) is 3. The van der Waals surface area contributed by atoms with Crippen LogP contribution in [-0.2, 0) is 0 Å². The average Bonchev–Trinajstić information content (AvgIpc) is 2.30. The molecule has 4 atom stereocenters. The summed E-state index contributed by atoms with van der Waals surface area (Å²) in [6, 6.07) is 0. The molecule has 0 spiro atoms. The maximum absolute atomic E-state index is 11.4. The monoisotopic (exact) mass is 365 g/mol. The van der Waals surface area contributed by atoms with Gasteiger partial charge in [-0.25, -0.2) is 8.39 Å². The smallest absolute Gasteiger partial charge is 0.127 e. The van der Waals surface area contributed by atoms with E-state index in [1.54, 1.807) is 0 Å². The Morgan fingerprint density at radius 3 is 1.44 bits per heavy atom. The summed E-state index contributed by atoms with van der Waals surface area (Å²) in [7, 11) is -0.884. The van der Waals surface area contributed by atoms with E-state index in [0.717, 1.165) is 6.42 Å². The number of rotatable bonds is 6. The van der Waals surface area contributed by atoms with Gasteiger partial charge in [0.1, 0.15) is 16.2 Å². The van der Waals surface area contributed by atoms with Gasteiger partial charge in [-0.1, -0.05) is 41.5 Å². The first-order valence-electron chi connectivity index (χ1n) is 6.06. The molecule has 0 heterocycles. The average molecular weight is 366 g/mol. The highest BCUT2D eigenvalue weighted by atomic mass is 32.7. The van der Waals surface area contributed by atoms with E-state index < -0.39 is 16.2 Å². The summed E-state index contributed by atoms with van der Waals surface area (Å²) in [4.78, 5) is 0. The Hall–Kier alpha value is 1.77. The van der Waals surface area contributed by atoms with Crippen molar-refractivity contribution in [2.75, 3.05) is 0 Å². The number of hydrogen-bond donors (Lipinski definition) is 1. The second kappa shape index (κ2) is 21.1. The molecule has 0 aromatic rings. The van der Waals surface area contributed by atoms with Gasteiger partial charge >= 0.3 is 0 Å². The van der Waals surface area contributed by atoms with Crippen LogP contribution >= 0.6 is 51.6 Å². The molecule has 0 saturated heterocycles. The molecule has 0 aromatic heterocycles. The molecule has 120 valence electrons. The highest BCUT2D eigenvalue weighted by Gasteiger charge is 1.95. The number of halogens is 2. The molecule has 0 nitrogen and oxygen atoms in total. The van der Waals surface area contributed by atoms with E-state index in [1.807, 2.05) is 20.8 Å². The van der Waals surface area contributed by atoms with Crippen LogP contribution in [0.15, 0.2) is 0 Å². The van der Waals surface area contributed by atoms with Crippen molar-refractivity contribution in [3.8, 4) is 0 Å². The van der Waals surface area contributed by atoms with Gasteiger partial charge in [0.05, 0.1) is 0 Å². The van der Waals surface area contributed by atoms with E-state index in [9.17, 15) is 8.39 Å². The van der Waals surface area contributed by atoms with E-state index in [2.05, 4.69) is 33.4 Å². The van der Waals surface area contributed by atoms with Crippen molar-refractivity contribution in [2.45, 2.75) is 70.1 Å². The third kappa shape index (κ3) is 36.1. The summed E-state index contributed by atoms with van der Waals surface area (Å²) in [5, 5.41) is 1.53. The van der Waals surface area contributed by atoms with Crippen LogP contribution in [-0.4, -0.2) is 15.7 Å². The Bertz CT molecular complexity index is 154. The summed E-state index contributed by atoms with van der Waals surface area (Å²) in [5.41, 5.74) is 0. The van der Waals surface area contributed by atoms with Crippen LogP contribution in [0.4, 0.5) is 8.39 Å². The Balaban J connectivity index is -0.0000000379. The van der Waals surface area contributed by atoms with Crippen molar-refractivity contribution >= 4 is 51.6 Å². The van der Waals surface area contributed by atoms with Crippen molar-refractivity contribution in [1.29, 1.82) is 0 Å². The first kappa shape index (κ1) is 24.8. The van der Waals surface area contributed by atoms with Crippen molar-refractivity contribution in [3.63, 3.8) is 0 Å². The molecule has 7 heteroatoms. The summed E-state index contributed by atoms with van der Waals surface area (Å²) >= 11 is 6.84. The maximum Gasteiger partial charge on any atom is 0.127 e. The van der Waals surface area contributed by atoms with Crippen LogP contribution in [0.3, 0.4) is 0 Å². The van der Waals surface area contributed by atoms with Crippen LogP contribution in [0.2, 0.25) is 0 Å². The second-order valence-electron chi connectivity index (χ2n) is 3.91. The first-order chi connectivity index (χ1) is 8.35. The van der Waals surface area contributed by atoms with Gasteiger partial charge in [-0.15, -0.1) is 22.8 Å². The minimum Gasteiger partial charge on any atom is -0.218 e. The van der Waals surface area contributed by atoms with Crippen molar-refractivity contribution in [1.82, 2.24) is 0 Å². The van der Waals surface area contributed by atoms with Gasteiger partial charge in [-0.05, 0) is 18.1 Å². The molecular weight excluding hydrogens is 328 g/mol. The molecule has 0 aliphatic carbocycles. The normalized spacial score (nSPS) is 14.3. The molecule has 18 heavy (non-hydrogen) atoms. The zero-order chi connectivity index (χ0) is 15.0. The van der Waals surface area contributed by atoms with E-state index in [-0.39, 0.29) is 4.28 Å². The van der Waals surface area contributed by atoms with Gasteiger partial charge in [0.25, 0.3) is 0 Å². The Morgan fingerprint density at radius 2 is 1.39 bits per heavy atom. The second-order valence-corrected chi connectivity index (χ2v) is 9.66. The molecule has 0 radical (unpaired) electrons. The fourth-order valence-electron chi connectivity index (χ4n) is 0.248. The maximum atomic E-state index is 11.4. The predicted molar refractivity (Wildman–Crippen MR) is 104 cm³/mol. The van der Waals surface area contributed by atoms with E-state index in [4.69, 9.17) is 0 Å². The Morgan fingerprint density at radius 1 is 1.00 bits per heavy atom. The lowest BCUT2D eigenvalue weighted by atomic mass is 10.4. The van der Waals surface area contributed by atoms with Crippen molar-refractivity contribution in [2.24, 2.45) is 0 Å². The zero-order valence-electron chi connectivity index (χ0n) is 12.2. The molecular formula is C11H34F2P2S3. The lowest BCUT2D eigenvalue weighted by Gasteiger charge is -2.00. The molecule has 0 N–H and O–H groups in total. The lowest BCUT2D eigenvalue weighted by molar-refractivity contribution is 0.905. The van der Waals surface area contributed by atoms with Crippen molar-refractivity contribution < 1.29 is 12.7 Å².